The van der Waals surface area contributed by atoms with Crippen LogP contribution in [0.2, 0.25) is 0 Å². The summed E-state index contributed by atoms with van der Waals surface area (Å²) in [6.45, 7) is 1.97. The smallest absolute Gasteiger partial charge is 0.207 e. The van der Waals surface area contributed by atoms with Crippen LogP contribution in [-0.4, -0.2) is 8.42 Å². The molecule has 96 valence electrons. The van der Waals surface area contributed by atoms with Crippen LogP contribution < -0.4 is 4.72 Å². The Morgan fingerprint density at radius 1 is 1.17 bits per heavy atom. The van der Waals surface area contributed by atoms with Gasteiger partial charge in [-0.1, -0.05) is 31.2 Å². The molecule has 0 bridgehead atoms. The Balaban J connectivity index is 2.22. The molecular weight excluding hydrogens is 266 g/mol. The number of rotatable bonds is 5. The highest BCUT2D eigenvalue weighted by atomic mass is 32.2. The molecule has 0 amide bonds. The van der Waals surface area contributed by atoms with Gasteiger partial charge < -0.3 is 0 Å². The van der Waals surface area contributed by atoms with Crippen LogP contribution >= 0.6 is 11.3 Å². The summed E-state index contributed by atoms with van der Waals surface area (Å²) in [7, 11) is -3.44. The molecule has 1 N–H and O–H groups in total. The number of sulfonamides is 1. The van der Waals surface area contributed by atoms with E-state index in [2.05, 4.69) is 4.72 Å². The molecule has 2 aromatic rings. The molecule has 5 heteroatoms. The van der Waals surface area contributed by atoms with E-state index in [-0.39, 0.29) is 6.04 Å². The highest BCUT2D eigenvalue weighted by Gasteiger charge is 2.20. The van der Waals surface area contributed by atoms with E-state index < -0.39 is 10.0 Å². The predicted octanol–water partition coefficient (Wildman–Crippen LogP) is 3.18. The van der Waals surface area contributed by atoms with Gasteiger partial charge in [-0.2, -0.15) is 0 Å². The first-order chi connectivity index (χ1) is 8.63. The lowest BCUT2D eigenvalue weighted by atomic mass is 10.2. The third-order valence-corrected chi connectivity index (χ3v) is 5.12. The van der Waals surface area contributed by atoms with E-state index in [1.807, 2.05) is 24.4 Å². The maximum absolute atomic E-state index is 12.2. The zero-order valence-electron chi connectivity index (χ0n) is 10.0. The van der Waals surface area contributed by atoms with Crippen LogP contribution in [0.5, 0.6) is 0 Å². The molecule has 1 aromatic heterocycles. The topological polar surface area (TPSA) is 46.2 Å². The Hall–Kier alpha value is -1.17. The lowest BCUT2D eigenvalue weighted by molar-refractivity contribution is 0.553. The fourth-order valence-corrected chi connectivity index (χ4v) is 3.94. The number of thiophene rings is 1. The standard InChI is InChI=1S/C13H15NO2S2/c1-2-12(13-9-6-10-17-13)14-18(15,16)11-7-4-3-5-8-11/h3-10,12,14H,2H2,1H3. The van der Waals surface area contributed by atoms with Crippen molar-refractivity contribution in [2.45, 2.75) is 24.3 Å². The summed E-state index contributed by atoms with van der Waals surface area (Å²) in [5.74, 6) is 0. The van der Waals surface area contributed by atoms with Crippen molar-refractivity contribution in [3.05, 3.63) is 52.7 Å². The van der Waals surface area contributed by atoms with E-state index in [1.54, 1.807) is 41.7 Å². The van der Waals surface area contributed by atoms with E-state index >= 15 is 0 Å². The Labute approximate surface area is 112 Å². The van der Waals surface area contributed by atoms with Crippen molar-refractivity contribution in [2.75, 3.05) is 0 Å². The Kier molecular flexibility index (Phi) is 4.16. The quantitative estimate of drug-likeness (QED) is 0.915. The second-order valence-electron chi connectivity index (χ2n) is 3.91. The molecule has 1 aromatic carbocycles. The molecule has 18 heavy (non-hydrogen) atoms. The first-order valence-electron chi connectivity index (χ1n) is 5.74. The summed E-state index contributed by atoms with van der Waals surface area (Å²) in [4.78, 5) is 1.34. The summed E-state index contributed by atoms with van der Waals surface area (Å²) in [5.41, 5.74) is 0. The summed E-state index contributed by atoms with van der Waals surface area (Å²) in [6, 6.07) is 12.2. The van der Waals surface area contributed by atoms with Crippen molar-refractivity contribution in [2.24, 2.45) is 0 Å². The first kappa shape index (κ1) is 13.3. The maximum atomic E-state index is 12.2. The second-order valence-corrected chi connectivity index (χ2v) is 6.60. The van der Waals surface area contributed by atoms with Crippen LogP contribution in [0.4, 0.5) is 0 Å². The molecule has 0 fully saturated rings. The van der Waals surface area contributed by atoms with E-state index in [0.717, 1.165) is 11.3 Å². The van der Waals surface area contributed by atoms with Gasteiger partial charge in [0.1, 0.15) is 0 Å². The van der Waals surface area contributed by atoms with E-state index in [9.17, 15) is 8.42 Å². The molecule has 0 aliphatic heterocycles. The van der Waals surface area contributed by atoms with Gasteiger partial charge in [-0.05, 0) is 30.0 Å². The van der Waals surface area contributed by atoms with Crippen molar-refractivity contribution in [1.29, 1.82) is 0 Å². The zero-order valence-corrected chi connectivity index (χ0v) is 11.7. The van der Waals surface area contributed by atoms with Crippen molar-refractivity contribution >= 4 is 21.4 Å². The SMILES string of the molecule is CCC(NS(=O)(=O)c1ccccc1)c1cccs1. The monoisotopic (exact) mass is 281 g/mol. The Morgan fingerprint density at radius 2 is 1.89 bits per heavy atom. The fraction of sp³-hybridized carbons (Fsp3) is 0.231. The molecule has 0 saturated carbocycles. The molecule has 0 radical (unpaired) electrons. The summed E-state index contributed by atoms with van der Waals surface area (Å²) >= 11 is 1.56. The molecule has 0 spiro atoms. The van der Waals surface area contributed by atoms with Crippen molar-refractivity contribution in [3.63, 3.8) is 0 Å². The molecule has 1 unspecified atom stereocenters. The van der Waals surface area contributed by atoms with Crippen LogP contribution in [0, 0.1) is 0 Å². The lowest BCUT2D eigenvalue weighted by Crippen LogP contribution is -2.27. The number of benzene rings is 1. The summed E-state index contributed by atoms with van der Waals surface area (Å²) in [5, 5.41) is 1.95. The molecule has 0 aliphatic carbocycles. The molecule has 1 heterocycles. The predicted molar refractivity (Wildman–Crippen MR) is 74.1 cm³/mol. The van der Waals surface area contributed by atoms with Crippen LogP contribution in [0.1, 0.15) is 24.3 Å². The zero-order chi connectivity index (χ0) is 13.0. The first-order valence-corrected chi connectivity index (χ1v) is 8.10. The van der Waals surface area contributed by atoms with Crippen molar-refractivity contribution in [1.82, 2.24) is 4.72 Å². The largest absolute Gasteiger partial charge is 0.241 e. The summed E-state index contributed by atoms with van der Waals surface area (Å²) < 4.78 is 27.1. The van der Waals surface area contributed by atoms with Gasteiger partial charge in [-0.3, -0.25) is 0 Å². The average Bonchev–Trinajstić information content (AvgIpc) is 2.91. The molecule has 0 saturated heterocycles. The van der Waals surface area contributed by atoms with Crippen molar-refractivity contribution in [3.8, 4) is 0 Å². The molecule has 2 rings (SSSR count). The minimum atomic E-state index is -3.44. The van der Waals surface area contributed by atoms with Gasteiger partial charge in [0.05, 0.1) is 10.9 Å². The Bertz CT molecular complexity index is 577. The van der Waals surface area contributed by atoms with Gasteiger partial charge >= 0.3 is 0 Å². The fourth-order valence-electron chi connectivity index (χ4n) is 1.69. The van der Waals surface area contributed by atoms with Crippen LogP contribution in [0.3, 0.4) is 0 Å². The van der Waals surface area contributed by atoms with Crippen LogP contribution in [0.15, 0.2) is 52.7 Å². The lowest BCUT2D eigenvalue weighted by Gasteiger charge is -2.15. The van der Waals surface area contributed by atoms with Gasteiger partial charge in [-0.25, -0.2) is 13.1 Å². The minimum Gasteiger partial charge on any atom is -0.207 e. The van der Waals surface area contributed by atoms with Crippen molar-refractivity contribution < 1.29 is 8.42 Å². The van der Waals surface area contributed by atoms with E-state index in [0.29, 0.717) is 4.90 Å². The highest BCUT2D eigenvalue weighted by Crippen LogP contribution is 2.23. The summed E-state index contributed by atoms with van der Waals surface area (Å²) in [6.07, 6.45) is 0.729. The van der Waals surface area contributed by atoms with Gasteiger partial charge in [0.15, 0.2) is 0 Å². The minimum absolute atomic E-state index is 0.157. The van der Waals surface area contributed by atoms with Gasteiger partial charge in [0.25, 0.3) is 0 Å². The van der Waals surface area contributed by atoms with Gasteiger partial charge in [-0.15, -0.1) is 11.3 Å². The van der Waals surface area contributed by atoms with E-state index in [4.69, 9.17) is 0 Å². The average molecular weight is 281 g/mol. The third-order valence-electron chi connectivity index (χ3n) is 2.65. The second kappa shape index (κ2) is 5.65. The van der Waals surface area contributed by atoms with Gasteiger partial charge in [0.2, 0.25) is 10.0 Å². The van der Waals surface area contributed by atoms with Gasteiger partial charge in [0, 0.05) is 4.88 Å². The number of hydrogen-bond donors (Lipinski definition) is 1. The Morgan fingerprint density at radius 3 is 2.44 bits per heavy atom. The van der Waals surface area contributed by atoms with Crippen LogP contribution in [0.25, 0.3) is 0 Å². The molecule has 1 atom stereocenters. The van der Waals surface area contributed by atoms with Crippen LogP contribution in [-0.2, 0) is 10.0 Å². The molecule has 3 nitrogen and oxygen atoms in total. The van der Waals surface area contributed by atoms with E-state index in [1.165, 1.54) is 0 Å². The molecule has 0 aliphatic rings. The number of hydrogen-bond acceptors (Lipinski definition) is 3. The highest BCUT2D eigenvalue weighted by molar-refractivity contribution is 7.89. The third kappa shape index (κ3) is 2.98. The normalized spacial score (nSPS) is 13.4. The number of nitrogens with one attached hydrogen (secondary N) is 1. The maximum Gasteiger partial charge on any atom is 0.241 e. The molecular formula is C13H15NO2S2.